The van der Waals surface area contributed by atoms with E-state index in [1.807, 2.05) is 0 Å². The summed E-state index contributed by atoms with van der Waals surface area (Å²) < 4.78 is 0. The Morgan fingerprint density at radius 3 is 2.92 bits per heavy atom. The summed E-state index contributed by atoms with van der Waals surface area (Å²) in [5.74, 6) is 5.80. The summed E-state index contributed by atoms with van der Waals surface area (Å²) in [5, 5.41) is 0.180. The van der Waals surface area contributed by atoms with Crippen LogP contribution in [0.5, 0.6) is 0 Å². The number of nitrogens with zero attached hydrogens (tertiary/aromatic N) is 2. The monoisotopic (exact) mass is 196 g/mol. The summed E-state index contributed by atoms with van der Waals surface area (Å²) in [4.78, 5) is 7.72. The van der Waals surface area contributed by atoms with Crippen molar-refractivity contribution in [2.45, 2.75) is 6.42 Å². The fourth-order valence-corrected chi connectivity index (χ4v) is 0.801. The van der Waals surface area contributed by atoms with Crippen LogP contribution in [-0.4, -0.2) is 16.5 Å². The third kappa shape index (κ3) is 2.90. The first-order chi connectivity index (χ1) is 6.24. The van der Waals surface area contributed by atoms with Gasteiger partial charge in [0, 0.05) is 13.0 Å². The number of nitrogen functional groups attached to an aromatic ring is 1. The molecule has 0 aromatic carbocycles. The Morgan fingerprint density at radius 2 is 2.31 bits per heavy atom. The molecule has 0 amide bonds. The molecule has 0 radical (unpaired) electrons. The topological polar surface area (TPSA) is 77.8 Å². The smallest absolute Gasteiger partial charge is 0.172 e. The normalized spacial score (nSPS) is 9.08. The van der Waals surface area contributed by atoms with Crippen LogP contribution in [0.2, 0.25) is 5.15 Å². The molecule has 0 saturated heterocycles. The van der Waals surface area contributed by atoms with E-state index in [2.05, 4.69) is 21.8 Å². The van der Waals surface area contributed by atoms with E-state index in [0.29, 0.717) is 18.7 Å². The van der Waals surface area contributed by atoms with Crippen molar-refractivity contribution >= 4 is 17.4 Å². The maximum Gasteiger partial charge on any atom is 0.172 e. The molecule has 0 spiro atoms. The quantitative estimate of drug-likeness (QED) is 0.638. The molecule has 68 valence electrons. The number of aromatic nitrogens is 2. The van der Waals surface area contributed by atoms with Gasteiger partial charge in [-0.05, 0) is 5.92 Å². The van der Waals surface area contributed by atoms with Crippen molar-refractivity contribution in [3.8, 4) is 11.8 Å². The first-order valence-electron chi connectivity index (χ1n) is 3.71. The van der Waals surface area contributed by atoms with Crippen LogP contribution in [-0.2, 0) is 0 Å². The molecule has 0 unspecified atom stereocenters. The number of anilines is 1. The van der Waals surface area contributed by atoms with Gasteiger partial charge in [-0.25, -0.2) is 9.97 Å². The van der Waals surface area contributed by atoms with Crippen molar-refractivity contribution in [1.82, 2.24) is 9.97 Å². The van der Waals surface area contributed by atoms with Crippen molar-refractivity contribution in [2.24, 2.45) is 5.73 Å². The Morgan fingerprint density at radius 1 is 1.54 bits per heavy atom. The second-order valence-electron chi connectivity index (χ2n) is 2.27. The van der Waals surface area contributed by atoms with Crippen molar-refractivity contribution in [3.05, 3.63) is 17.0 Å². The number of rotatable bonds is 1. The second kappa shape index (κ2) is 4.65. The highest BCUT2D eigenvalue weighted by Gasteiger charge is 1.98. The van der Waals surface area contributed by atoms with E-state index in [1.165, 1.54) is 6.20 Å². The van der Waals surface area contributed by atoms with Gasteiger partial charge in [0.05, 0.1) is 6.20 Å². The van der Waals surface area contributed by atoms with Gasteiger partial charge in [-0.15, -0.1) is 0 Å². The lowest BCUT2D eigenvalue weighted by molar-refractivity contribution is 1.03. The van der Waals surface area contributed by atoms with Gasteiger partial charge in [0.2, 0.25) is 0 Å². The summed E-state index contributed by atoms with van der Waals surface area (Å²) in [6.07, 6.45) is 2.11. The van der Waals surface area contributed by atoms with Crippen LogP contribution in [0.4, 0.5) is 5.82 Å². The van der Waals surface area contributed by atoms with Gasteiger partial charge in [-0.2, -0.15) is 0 Å². The Labute approximate surface area is 81.3 Å². The minimum absolute atomic E-state index is 0.180. The van der Waals surface area contributed by atoms with Gasteiger partial charge >= 0.3 is 0 Å². The Bertz CT molecular complexity index is 353. The molecule has 1 heterocycles. The summed E-state index contributed by atoms with van der Waals surface area (Å²) in [7, 11) is 0. The van der Waals surface area contributed by atoms with E-state index >= 15 is 0 Å². The van der Waals surface area contributed by atoms with Crippen molar-refractivity contribution < 1.29 is 0 Å². The molecule has 0 aliphatic rings. The summed E-state index contributed by atoms with van der Waals surface area (Å²) >= 11 is 5.64. The molecule has 1 aromatic heterocycles. The molecule has 0 atom stereocenters. The molecule has 0 fully saturated rings. The van der Waals surface area contributed by atoms with Crippen molar-refractivity contribution in [2.75, 3.05) is 12.3 Å². The van der Waals surface area contributed by atoms with E-state index in [0.717, 1.165) is 0 Å². The zero-order valence-electron chi connectivity index (χ0n) is 6.92. The lowest BCUT2D eigenvalue weighted by Crippen LogP contribution is -1.97. The van der Waals surface area contributed by atoms with Crippen LogP contribution >= 0.6 is 11.6 Å². The van der Waals surface area contributed by atoms with Crippen molar-refractivity contribution in [3.63, 3.8) is 0 Å². The fourth-order valence-electron chi connectivity index (χ4n) is 0.661. The molecule has 5 heteroatoms. The highest BCUT2D eigenvalue weighted by atomic mass is 35.5. The summed E-state index contributed by atoms with van der Waals surface area (Å²) in [6, 6.07) is 0. The summed E-state index contributed by atoms with van der Waals surface area (Å²) in [6.45, 7) is 0.531. The van der Waals surface area contributed by atoms with Crippen LogP contribution in [0.15, 0.2) is 6.20 Å². The third-order valence-corrected chi connectivity index (χ3v) is 1.52. The molecular formula is C8H9ClN4. The standard InChI is InChI=1S/C8H9ClN4/c9-7-8(11)12-5-6(13-7)3-1-2-4-10/h5H,2,4,10H2,(H2,11,12). The lowest BCUT2D eigenvalue weighted by atomic mass is 10.4. The zero-order chi connectivity index (χ0) is 9.68. The zero-order valence-corrected chi connectivity index (χ0v) is 7.67. The maximum absolute atomic E-state index is 5.64. The largest absolute Gasteiger partial charge is 0.381 e. The number of hydrogen-bond donors (Lipinski definition) is 2. The van der Waals surface area contributed by atoms with Crippen LogP contribution in [0.3, 0.4) is 0 Å². The van der Waals surface area contributed by atoms with Gasteiger partial charge in [0.1, 0.15) is 5.69 Å². The molecule has 4 N–H and O–H groups in total. The van der Waals surface area contributed by atoms with Gasteiger partial charge in [0.15, 0.2) is 11.0 Å². The number of hydrogen-bond acceptors (Lipinski definition) is 4. The second-order valence-corrected chi connectivity index (χ2v) is 2.63. The highest BCUT2D eigenvalue weighted by molar-refractivity contribution is 6.31. The lowest BCUT2D eigenvalue weighted by Gasteiger charge is -1.94. The summed E-state index contributed by atoms with van der Waals surface area (Å²) in [5.41, 5.74) is 11.1. The molecule has 0 saturated carbocycles. The van der Waals surface area contributed by atoms with Crippen molar-refractivity contribution in [1.29, 1.82) is 0 Å². The van der Waals surface area contributed by atoms with E-state index in [9.17, 15) is 0 Å². The number of nitrogens with two attached hydrogens (primary N) is 2. The Kier molecular flexibility index (Phi) is 3.50. The predicted octanol–water partition coefficient (Wildman–Crippen LogP) is 0.413. The molecule has 13 heavy (non-hydrogen) atoms. The minimum Gasteiger partial charge on any atom is -0.381 e. The molecule has 1 aromatic rings. The van der Waals surface area contributed by atoms with Gasteiger partial charge < -0.3 is 11.5 Å². The molecule has 0 aliphatic carbocycles. The molecule has 1 rings (SSSR count). The maximum atomic E-state index is 5.64. The fraction of sp³-hybridized carbons (Fsp3) is 0.250. The van der Waals surface area contributed by atoms with Crippen LogP contribution in [0, 0.1) is 11.8 Å². The van der Waals surface area contributed by atoms with E-state index < -0.39 is 0 Å². The van der Waals surface area contributed by atoms with Crippen LogP contribution < -0.4 is 11.5 Å². The highest BCUT2D eigenvalue weighted by Crippen LogP contribution is 2.11. The van der Waals surface area contributed by atoms with Crippen LogP contribution in [0.25, 0.3) is 0 Å². The first-order valence-corrected chi connectivity index (χ1v) is 4.09. The number of halogens is 1. The van der Waals surface area contributed by atoms with Crippen LogP contribution in [0.1, 0.15) is 12.1 Å². The van der Waals surface area contributed by atoms with Gasteiger partial charge in [0.25, 0.3) is 0 Å². The third-order valence-electron chi connectivity index (χ3n) is 1.24. The van der Waals surface area contributed by atoms with E-state index in [-0.39, 0.29) is 11.0 Å². The molecule has 0 aliphatic heterocycles. The molecular weight excluding hydrogens is 188 g/mol. The van der Waals surface area contributed by atoms with E-state index in [1.54, 1.807) is 0 Å². The Balaban J connectivity index is 2.81. The average Bonchev–Trinajstić information content (AvgIpc) is 2.12. The average molecular weight is 197 g/mol. The molecule has 4 nitrogen and oxygen atoms in total. The Hall–Kier alpha value is -1.31. The SMILES string of the molecule is NCCC#Cc1cnc(N)c(Cl)n1. The minimum atomic E-state index is 0.180. The van der Waals surface area contributed by atoms with Gasteiger partial charge in [-0.3, -0.25) is 0 Å². The molecule has 0 bridgehead atoms. The van der Waals surface area contributed by atoms with E-state index in [4.69, 9.17) is 23.1 Å². The first kappa shape index (κ1) is 9.78. The van der Waals surface area contributed by atoms with Gasteiger partial charge in [-0.1, -0.05) is 17.5 Å². The predicted molar refractivity (Wildman–Crippen MR) is 52.0 cm³/mol.